The average Bonchev–Trinajstić information content (AvgIpc) is 3.42. The van der Waals surface area contributed by atoms with Gasteiger partial charge < -0.3 is 24.8 Å². The third-order valence-electron chi connectivity index (χ3n) is 9.70. The molecular weight excluding hydrogens is 595 g/mol. The summed E-state index contributed by atoms with van der Waals surface area (Å²) in [5.74, 6) is 1.00. The second kappa shape index (κ2) is 11.2. The summed E-state index contributed by atoms with van der Waals surface area (Å²) in [4.78, 5) is 0. The van der Waals surface area contributed by atoms with Gasteiger partial charge in [-0.25, -0.2) is 0 Å². The number of hydrogen-bond acceptors (Lipinski definition) is 0. The summed E-state index contributed by atoms with van der Waals surface area (Å²) in [7, 11) is 0. The minimum absolute atomic E-state index is 0. The van der Waals surface area contributed by atoms with Gasteiger partial charge in [0.05, 0.1) is 0 Å². The molecule has 0 radical (unpaired) electrons. The predicted octanol–water partition coefficient (Wildman–Crippen LogP) is 4.51. The third kappa shape index (κ3) is 5.60. The van der Waals surface area contributed by atoms with Crippen molar-refractivity contribution in [3.63, 3.8) is 0 Å². The summed E-state index contributed by atoms with van der Waals surface area (Å²) in [6, 6.07) is 14.9. The van der Waals surface area contributed by atoms with E-state index in [9.17, 15) is 0 Å². The standard InChI is InChI=1S/C36H48.2ClH.Zr/c1-22(2)36(17-16-23-18-26(21-31(23)36)35(9,10)11)32-27-14-12-24(33(3,4)5)19-29(27)30-20-25(34(6,7)8)13-15-28(30)32;;;/h12-15,19-22,32H,16-18H2,1-11H3;2*1H;/q;;;+2/p-2. The SMILES string of the molecule is CC(C)C1(C2c3ccc(C(C)(C)C)cc3-c3cc(C(C)(C)C)ccc32)CCC2=C1C=C(C(C)(C)C)C2.[Cl-].[Cl-].[Zr+2]. The van der Waals surface area contributed by atoms with Gasteiger partial charge in [0, 0.05) is 11.3 Å². The van der Waals surface area contributed by atoms with Gasteiger partial charge in [-0.05, 0) is 80.4 Å². The van der Waals surface area contributed by atoms with E-state index in [1.807, 2.05) is 0 Å². The first-order valence-electron chi connectivity index (χ1n) is 14.3. The molecule has 0 amide bonds. The van der Waals surface area contributed by atoms with Crippen molar-refractivity contribution in [1.29, 1.82) is 0 Å². The Morgan fingerprint density at radius 2 is 1.18 bits per heavy atom. The Bertz CT molecular complexity index is 1230. The molecule has 0 saturated carbocycles. The molecule has 0 aromatic heterocycles. The average molecular weight is 643 g/mol. The summed E-state index contributed by atoms with van der Waals surface area (Å²) in [5, 5.41) is 0. The van der Waals surface area contributed by atoms with E-state index in [2.05, 4.69) is 119 Å². The molecule has 3 aliphatic rings. The van der Waals surface area contributed by atoms with Gasteiger partial charge in [-0.2, -0.15) is 0 Å². The van der Waals surface area contributed by atoms with Crippen LogP contribution in [0.1, 0.15) is 124 Å². The van der Waals surface area contributed by atoms with Gasteiger partial charge in [0.1, 0.15) is 0 Å². The van der Waals surface area contributed by atoms with Gasteiger partial charge in [-0.1, -0.05) is 130 Å². The first kappa shape index (κ1) is 34.6. The Balaban J connectivity index is 0.00000178. The van der Waals surface area contributed by atoms with E-state index in [0.717, 1.165) is 0 Å². The molecule has 3 heteroatoms. The molecule has 0 saturated heterocycles. The summed E-state index contributed by atoms with van der Waals surface area (Å²) in [6.45, 7) is 26.2. The number of benzene rings is 2. The molecule has 0 nitrogen and oxygen atoms in total. The van der Waals surface area contributed by atoms with Crippen molar-refractivity contribution in [3.8, 4) is 11.1 Å². The molecule has 0 aliphatic heterocycles. The van der Waals surface area contributed by atoms with Crippen molar-refractivity contribution in [3.05, 3.63) is 81.4 Å². The van der Waals surface area contributed by atoms with E-state index in [1.54, 1.807) is 27.8 Å². The van der Waals surface area contributed by atoms with Gasteiger partial charge in [-0.15, -0.1) is 0 Å². The van der Waals surface area contributed by atoms with E-state index in [1.165, 1.54) is 41.5 Å². The second-order valence-electron chi connectivity index (χ2n) is 15.3. The zero-order valence-corrected chi connectivity index (χ0v) is 30.0. The molecule has 2 aromatic carbocycles. The van der Waals surface area contributed by atoms with Crippen molar-refractivity contribution in [1.82, 2.24) is 0 Å². The van der Waals surface area contributed by atoms with Gasteiger partial charge in [0.15, 0.2) is 0 Å². The van der Waals surface area contributed by atoms with Crippen LogP contribution < -0.4 is 24.8 Å². The number of rotatable bonds is 2. The Kier molecular flexibility index (Phi) is 9.96. The van der Waals surface area contributed by atoms with Crippen LogP contribution >= 0.6 is 0 Å². The Labute approximate surface area is 270 Å². The molecule has 1 unspecified atom stereocenters. The van der Waals surface area contributed by atoms with Gasteiger partial charge in [-0.3, -0.25) is 0 Å². The topological polar surface area (TPSA) is 0 Å². The van der Waals surface area contributed by atoms with Gasteiger partial charge >= 0.3 is 26.2 Å². The molecule has 0 N–H and O–H groups in total. The molecule has 39 heavy (non-hydrogen) atoms. The summed E-state index contributed by atoms with van der Waals surface area (Å²) in [5.41, 5.74) is 14.7. The van der Waals surface area contributed by atoms with Crippen LogP contribution in [0.3, 0.4) is 0 Å². The van der Waals surface area contributed by atoms with Crippen molar-refractivity contribution < 1.29 is 51.0 Å². The maximum atomic E-state index is 2.65. The Morgan fingerprint density at radius 1 is 0.718 bits per heavy atom. The van der Waals surface area contributed by atoms with Gasteiger partial charge in [0.25, 0.3) is 0 Å². The number of hydrogen-bond donors (Lipinski definition) is 0. The molecule has 3 aliphatic carbocycles. The van der Waals surface area contributed by atoms with Crippen LogP contribution in [0, 0.1) is 16.7 Å². The van der Waals surface area contributed by atoms with Crippen LogP contribution in [0.15, 0.2) is 59.2 Å². The van der Waals surface area contributed by atoms with Crippen LogP contribution in [0.25, 0.3) is 11.1 Å². The van der Waals surface area contributed by atoms with E-state index < -0.39 is 0 Å². The van der Waals surface area contributed by atoms with E-state index in [0.29, 0.717) is 11.8 Å². The maximum absolute atomic E-state index is 2.65. The first-order chi connectivity index (χ1) is 16.5. The number of fused-ring (bicyclic) bond motifs is 3. The zero-order chi connectivity index (χ0) is 26.4. The summed E-state index contributed by atoms with van der Waals surface area (Å²) < 4.78 is 0. The third-order valence-corrected chi connectivity index (χ3v) is 9.70. The maximum Gasteiger partial charge on any atom is 2.00 e. The number of halogens is 2. The predicted molar refractivity (Wildman–Crippen MR) is 157 cm³/mol. The largest absolute Gasteiger partial charge is 2.00 e. The molecule has 0 fully saturated rings. The molecule has 2 aromatic rings. The smallest absolute Gasteiger partial charge is 1.00 e. The fourth-order valence-electron chi connectivity index (χ4n) is 7.28. The van der Waals surface area contributed by atoms with Crippen LogP contribution in [0.5, 0.6) is 0 Å². The number of allylic oxidation sites excluding steroid dienone is 4. The quantitative estimate of drug-likeness (QED) is 0.453. The van der Waals surface area contributed by atoms with Gasteiger partial charge in [0.2, 0.25) is 0 Å². The molecule has 1 atom stereocenters. The fourth-order valence-corrected chi connectivity index (χ4v) is 7.28. The van der Waals surface area contributed by atoms with E-state index >= 15 is 0 Å². The first-order valence-corrected chi connectivity index (χ1v) is 14.3. The van der Waals surface area contributed by atoms with Crippen molar-refractivity contribution in [2.75, 3.05) is 0 Å². The monoisotopic (exact) mass is 640 g/mol. The molecule has 210 valence electrons. The Morgan fingerprint density at radius 3 is 1.56 bits per heavy atom. The summed E-state index contributed by atoms with van der Waals surface area (Å²) in [6.07, 6.45) is 6.36. The van der Waals surface area contributed by atoms with Crippen LogP contribution in [-0.2, 0) is 37.0 Å². The Hall–Kier alpha value is -0.617. The van der Waals surface area contributed by atoms with Crippen LogP contribution in [0.4, 0.5) is 0 Å². The molecule has 0 spiro atoms. The summed E-state index contributed by atoms with van der Waals surface area (Å²) >= 11 is 0. The zero-order valence-electron chi connectivity index (χ0n) is 26.1. The molecular formula is C36H48Cl2Zr. The van der Waals surface area contributed by atoms with Crippen molar-refractivity contribution in [2.24, 2.45) is 16.7 Å². The fraction of sp³-hybridized carbons (Fsp3) is 0.556. The van der Waals surface area contributed by atoms with Crippen molar-refractivity contribution in [2.45, 2.75) is 112 Å². The van der Waals surface area contributed by atoms with E-state index in [4.69, 9.17) is 0 Å². The minimum Gasteiger partial charge on any atom is -1.00 e. The minimum atomic E-state index is 0. The second-order valence-corrected chi connectivity index (χ2v) is 15.3. The normalized spacial score (nSPS) is 20.6. The molecule has 0 bridgehead atoms. The van der Waals surface area contributed by atoms with E-state index in [-0.39, 0.29) is 72.7 Å². The van der Waals surface area contributed by atoms with Crippen LogP contribution in [-0.4, -0.2) is 0 Å². The molecule has 5 rings (SSSR count). The molecule has 0 heterocycles. The van der Waals surface area contributed by atoms with Crippen LogP contribution in [0.2, 0.25) is 0 Å². The van der Waals surface area contributed by atoms with Crippen molar-refractivity contribution >= 4 is 0 Å².